The molecule has 1 atom stereocenters. The van der Waals surface area contributed by atoms with Gasteiger partial charge >= 0.3 is 0 Å². The lowest BCUT2D eigenvalue weighted by atomic mass is 9.82. The number of fused-ring (bicyclic) bond motifs is 1. The first-order valence-corrected chi connectivity index (χ1v) is 5.33. The Morgan fingerprint density at radius 3 is 2.73 bits per heavy atom. The molecule has 1 aromatic carbocycles. The van der Waals surface area contributed by atoms with Crippen LogP contribution in [0, 0.1) is 11.5 Å². The zero-order valence-corrected chi connectivity index (χ0v) is 9.49. The molecule has 78 valence electrons. The van der Waals surface area contributed by atoms with Gasteiger partial charge in [0.15, 0.2) is 6.19 Å². The zero-order chi connectivity index (χ0) is 11.1. The highest BCUT2D eigenvalue weighted by molar-refractivity contribution is 5.35. The molecule has 1 heterocycles. The van der Waals surface area contributed by atoms with Crippen molar-refractivity contribution in [1.29, 1.82) is 5.26 Å². The Labute approximate surface area is 91.1 Å². The summed E-state index contributed by atoms with van der Waals surface area (Å²) in [5, 5.41) is 9.20. The molecule has 0 saturated heterocycles. The molecular formula is C13H16N2. The number of rotatable bonds is 0. The van der Waals surface area contributed by atoms with Gasteiger partial charge in [0, 0.05) is 5.54 Å². The molecule has 1 aromatic rings. The van der Waals surface area contributed by atoms with Gasteiger partial charge in [-0.05, 0) is 38.3 Å². The highest BCUT2D eigenvalue weighted by Crippen LogP contribution is 2.37. The molecule has 0 spiro atoms. The smallest absolute Gasteiger partial charge is 0.180 e. The van der Waals surface area contributed by atoms with E-state index in [9.17, 15) is 5.26 Å². The lowest BCUT2D eigenvalue weighted by Crippen LogP contribution is -2.47. The standard InChI is InChI=1S/C13H16N2/c1-10-12-7-5-4-6-11(12)8-13(2,3)15(10)9-14/h4-7,10H,8H2,1-3H3/t10-/m0/s1. The molecule has 0 aliphatic carbocycles. The molecule has 0 aromatic heterocycles. The Balaban J connectivity index is 2.51. The highest BCUT2D eigenvalue weighted by Gasteiger charge is 2.36. The van der Waals surface area contributed by atoms with Crippen LogP contribution in [-0.2, 0) is 6.42 Å². The number of nitriles is 1. The summed E-state index contributed by atoms with van der Waals surface area (Å²) in [7, 11) is 0. The van der Waals surface area contributed by atoms with Crippen molar-refractivity contribution in [2.75, 3.05) is 0 Å². The molecule has 0 radical (unpaired) electrons. The normalized spacial score (nSPS) is 23.1. The Bertz CT molecular complexity index is 415. The van der Waals surface area contributed by atoms with Crippen LogP contribution in [0.15, 0.2) is 24.3 Å². The van der Waals surface area contributed by atoms with Gasteiger partial charge in [0.2, 0.25) is 0 Å². The predicted octanol–water partition coefficient (Wildman–Crippen LogP) is 2.87. The van der Waals surface area contributed by atoms with Crippen LogP contribution in [-0.4, -0.2) is 10.4 Å². The first kappa shape index (κ1) is 10.0. The Morgan fingerprint density at radius 1 is 1.40 bits per heavy atom. The number of benzene rings is 1. The van der Waals surface area contributed by atoms with Crippen molar-refractivity contribution in [1.82, 2.24) is 4.90 Å². The number of hydrogen-bond donors (Lipinski definition) is 0. The van der Waals surface area contributed by atoms with E-state index in [0.29, 0.717) is 0 Å². The molecule has 0 N–H and O–H groups in total. The van der Waals surface area contributed by atoms with Gasteiger partial charge in [-0.2, -0.15) is 5.26 Å². The maximum Gasteiger partial charge on any atom is 0.180 e. The van der Waals surface area contributed by atoms with E-state index in [4.69, 9.17) is 0 Å². The van der Waals surface area contributed by atoms with E-state index in [1.54, 1.807) is 0 Å². The molecule has 0 bridgehead atoms. The maximum absolute atomic E-state index is 9.20. The second-order valence-electron chi connectivity index (χ2n) is 4.83. The topological polar surface area (TPSA) is 27.0 Å². The second kappa shape index (κ2) is 3.27. The summed E-state index contributed by atoms with van der Waals surface area (Å²) in [5.41, 5.74) is 2.60. The highest BCUT2D eigenvalue weighted by atomic mass is 15.2. The predicted molar refractivity (Wildman–Crippen MR) is 60.1 cm³/mol. The van der Waals surface area contributed by atoms with Gasteiger partial charge in [-0.3, -0.25) is 4.90 Å². The summed E-state index contributed by atoms with van der Waals surface area (Å²) in [5.74, 6) is 0. The van der Waals surface area contributed by atoms with Crippen molar-refractivity contribution >= 4 is 0 Å². The van der Waals surface area contributed by atoms with Crippen molar-refractivity contribution in [2.24, 2.45) is 0 Å². The molecule has 2 heteroatoms. The molecule has 0 saturated carbocycles. The van der Waals surface area contributed by atoms with Gasteiger partial charge in [-0.15, -0.1) is 0 Å². The van der Waals surface area contributed by atoms with Crippen molar-refractivity contribution in [2.45, 2.75) is 38.8 Å². The molecule has 2 rings (SSSR count). The summed E-state index contributed by atoms with van der Waals surface area (Å²) < 4.78 is 0. The van der Waals surface area contributed by atoms with Crippen molar-refractivity contribution in [3.05, 3.63) is 35.4 Å². The zero-order valence-electron chi connectivity index (χ0n) is 9.49. The van der Waals surface area contributed by atoms with Gasteiger partial charge in [0.25, 0.3) is 0 Å². The van der Waals surface area contributed by atoms with Gasteiger partial charge in [0.05, 0.1) is 6.04 Å². The van der Waals surface area contributed by atoms with Crippen molar-refractivity contribution < 1.29 is 0 Å². The van der Waals surface area contributed by atoms with E-state index in [1.165, 1.54) is 11.1 Å². The fourth-order valence-corrected chi connectivity index (χ4v) is 2.54. The molecule has 15 heavy (non-hydrogen) atoms. The number of hydrogen-bond acceptors (Lipinski definition) is 2. The van der Waals surface area contributed by atoms with Gasteiger partial charge in [-0.25, -0.2) is 0 Å². The molecule has 1 aliphatic rings. The summed E-state index contributed by atoms with van der Waals surface area (Å²) in [6, 6.07) is 8.60. The second-order valence-corrected chi connectivity index (χ2v) is 4.83. The van der Waals surface area contributed by atoms with E-state index < -0.39 is 0 Å². The van der Waals surface area contributed by atoms with E-state index in [1.807, 2.05) is 11.0 Å². The van der Waals surface area contributed by atoms with Crippen LogP contribution in [0.25, 0.3) is 0 Å². The van der Waals surface area contributed by atoms with Crippen LogP contribution in [0.1, 0.15) is 37.9 Å². The SMILES string of the molecule is C[C@H]1c2ccccc2CC(C)(C)N1C#N. The van der Waals surface area contributed by atoms with Gasteiger partial charge in [-0.1, -0.05) is 24.3 Å². The Hall–Kier alpha value is -1.49. The van der Waals surface area contributed by atoms with Crippen molar-refractivity contribution in [3.63, 3.8) is 0 Å². The van der Waals surface area contributed by atoms with E-state index in [-0.39, 0.29) is 11.6 Å². The fourth-order valence-electron chi connectivity index (χ4n) is 2.54. The molecular weight excluding hydrogens is 184 g/mol. The summed E-state index contributed by atoms with van der Waals surface area (Å²) >= 11 is 0. The van der Waals surface area contributed by atoms with Gasteiger partial charge in [0.1, 0.15) is 0 Å². The third kappa shape index (κ3) is 1.48. The third-order valence-electron chi connectivity index (χ3n) is 3.28. The molecule has 2 nitrogen and oxygen atoms in total. The van der Waals surface area contributed by atoms with Crippen molar-refractivity contribution in [3.8, 4) is 6.19 Å². The Morgan fingerprint density at radius 2 is 2.07 bits per heavy atom. The maximum atomic E-state index is 9.20. The minimum atomic E-state index is -0.0669. The third-order valence-corrected chi connectivity index (χ3v) is 3.28. The van der Waals surface area contributed by atoms with E-state index in [2.05, 4.69) is 45.2 Å². The van der Waals surface area contributed by atoms with Crippen LogP contribution < -0.4 is 0 Å². The van der Waals surface area contributed by atoms with E-state index in [0.717, 1.165) is 6.42 Å². The molecule has 0 amide bonds. The lowest BCUT2D eigenvalue weighted by molar-refractivity contribution is 0.132. The lowest BCUT2D eigenvalue weighted by Gasteiger charge is -2.44. The average Bonchev–Trinajstić information content (AvgIpc) is 2.17. The first-order valence-electron chi connectivity index (χ1n) is 5.33. The molecule has 0 unspecified atom stereocenters. The van der Waals surface area contributed by atoms with Crippen LogP contribution in [0.2, 0.25) is 0 Å². The number of nitrogens with zero attached hydrogens (tertiary/aromatic N) is 2. The van der Waals surface area contributed by atoms with Crippen LogP contribution in [0.3, 0.4) is 0 Å². The van der Waals surface area contributed by atoms with Crippen LogP contribution in [0.4, 0.5) is 0 Å². The summed E-state index contributed by atoms with van der Waals surface area (Å²) in [6.07, 6.45) is 3.26. The Kier molecular flexibility index (Phi) is 2.19. The molecule has 1 aliphatic heterocycles. The monoisotopic (exact) mass is 200 g/mol. The fraction of sp³-hybridized carbons (Fsp3) is 0.462. The van der Waals surface area contributed by atoms with Crippen LogP contribution >= 0.6 is 0 Å². The summed E-state index contributed by atoms with van der Waals surface area (Å²) in [4.78, 5) is 1.90. The minimum absolute atomic E-state index is 0.0669. The quantitative estimate of drug-likeness (QED) is 0.602. The van der Waals surface area contributed by atoms with Crippen LogP contribution in [0.5, 0.6) is 0 Å². The average molecular weight is 200 g/mol. The largest absolute Gasteiger partial charge is 0.298 e. The van der Waals surface area contributed by atoms with E-state index >= 15 is 0 Å². The minimum Gasteiger partial charge on any atom is -0.298 e. The first-order chi connectivity index (χ1) is 7.06. The molecule has 0 fully saturated rings. The van der Waals surface area contributed by atoms with Gasteiger partial charge < -0.3 is 0 Å². The summed E-state index contributed by atoms with van der Waals surface area (Å²) in [6.45, 7) is 6.36.